The van der Waals surface area contributed by atoms with Gasteiger partial charge in [0.2, 0.25) is 64.8 Å². The molecule has 3 rings (SSSR count). The average molecular weight is 1230 g/mol. The van der Waals surface area contributed by atoms with Crippen LogP contribution < -0.4 is 53.0 Å². The predicted octanol–water partition coefficient (Wildman–Crippen LogP) is -0.347. The summed E-state index contributed by atoms with van der Waals surface area (Å²) in [6.07, 6.45) is -5.08. The molecule has 1 heterocycles. The van der Waals surface area contributed by atoms with Crippen molar-refractivity contribution in [3.05, 3.63) is 65.2 Å². The second kappa shape index (κ2) is 37.4. The highest BCUT2D eigenvalue weighted by molar-refractivity contribution is 7.80. The quantitative estimate of drug-likeness (QED) is 0.00390. The van der Waals surface area contributed by atoms with Crippen LogP contribution in [0.15, 0.2) is 36.2 Å². The number of ether oxygens (including phenoxy) is 7. The van der Waals surface area contributed by atoms with Crippen molar-refractivity contribution in [2.45, 2.75) is 102 Å². The number of halogens is 5. The molecule has 2 aromatic carbocycles. The second-order valence-corrected chi connectivity index (χ2v) is 20.6. The van der Waals surface area contributed by atoms with Crippen LogP contribution in [0.4, 0.5) is 27.6 Å². The zero-order valence-electron chi connectivity index (χ0n) is 45.5. The number of amides is 4. The maximum atomic E-state index is 13.6. The van der Waals surface area contributed by atoms with Gasteiger partial charge in [-0.15, -0.1) is 0 Å². The zero-order chi connectivity index (χ0) is 61.6. The van der Waals surface area contributed by atoms with Crippen LogP contribution in [0.25, 0.3) is 0 Å². The van der Waals surface area contributed by atoms with Crippen LogP contribution in [-0.4, -0.2) is 193 Å². The molecule has 27 nitrogen and oxygen atoms in total. The first-order valence-electron chi connectivity index (χ1n) is 26.0. The molecule has 34 heteroatoms. The van der Waals surface area contributed by atoms with Crippen molar-refractivity contribution in [3.63, 3.8) is 0 Å². The van der Waals surface area contributed by atoms with Gasteiger partial charge in [-0.2, -0.15) is 8.78 Å². The second-order valence-electron chi connectivity index (χ2n) is 18.4. The molecule has 0 aliphatic carbocycles. The van der Waals surface area contributed by atoms with Gasteiger partial charge in [0.25, 0.3) is 0 Å². The van der Waals surface area contributed by atoms with Crippen LogP contribution in [0.3, 0.4) is 0 Å². The summed E-state index contributed by atoms with van der Waals surface area (Å²) in [5.41, 5.74) is 7.24. The van der Waals surface area contributed by atoms with Crippen LogP contribution in [0, 0.1) is 29.1 Å². The molecule has 2 aromatic rings. The van der Waals surface area contributed by atoms with Gasteiger partial charge in [-0.25, -0.2) is 19.0 Å². The molecule has 468 valence electrons. The first-order valence-corrected chi connectivity index (χ1v) is 28.2. The largest absolute Gasteiger partial charge is 0.462 e. The molecule has 1 aliphatic heterocycles. The Labute approximate surface area is 479 Å². The smallest absolute Gasteiger partial charge is 0.325 e. The van der Waals surface area contributed by atoms with Crippen molar-refractivity contribution in [1.29, 1.82) is 0 Å². The van der Waals surface area contributed by atoms with Crippen LogP contribution in [0.5, 0.6) is 11.5 Å². The van der Waals surface area contributed by atoms with E-state index in [0.29, 0.717) is 48.7 Å². The maximum absolute atomic E-state index is 13.6. The standard InChI is InChI=1S/C49H73F5N9O18PS/c1-28(46(70)57-15-18-76-20-22-78-24-23-77-21-19-75-17-12-36(66)81-45-40(53)38(51)37(50)39(52)41(45)54)61-35(65)26-59-47(71)29(2)60-34(64)7-5-16-63(56)27-30(55)6-3-4-14-58-49(83)62-31-8-10-32(11-9-31)79-48-44(69)43(68)42(67)33(80-48)13-25-82(72,73)74/h8-11,27-29,33,42-44,48,67-69H,3-7,12-26,55-56H2,1-2H3,(H,57,70)(H,59,71)(H,60,64)(H,61,65)(H2,58,62,83)(H2,72,73,74)/b30-27-/t28-,29-,33+,42+,43-,44-,48-/m0/s1. The number of aliphatic hydroxyl groups excluding tert-OH is 3. The number of anilines is 1. The van der Waals surface area contributed by atoms with E-state index in [1.165, 1.54) is 18.9 Å². The Morgan fingerprint density at radius 3 is 1.87 bits per heavy atom. The fraction of sp³-hybridized carbons (Fsp3) is 0.592. The number of carbonyl (C=O) groups is 5. The first kappa shape index (κ1) is 71.3. The Kier molecular flexibility index (Phi) is 32.1. The lowest BCUT2D eigenvalue weighted by atomic mass is 9.97. The van der Waals surface area contributed by atoms with E-state index in [2.05, 4.69) is 36.6 Å². The number of hydrogen-bond donors (Lipinski definition) is 13. The summed E-state index contributed by atoms with van der Waals surface area (Å²) in [5.74, 6) is -10.4. The molecular formula is C49H73F5N9O18PS. The molecule has 4 amide bonds. The number of esters is 1. The maximum Gasteiger partial charge on any atom is 0.325 e. The van der Waals surface area contributed by atoms with Crippen molar-refractivity contribution in [3.8, 4) is 11.5 Å². The highest BCUT2D eigenvalue weighted by atomic mass is 32.1. The van der Waals surface area contributed by atoms with Crippen LogP contribution in [-0.2, 0) is 52.2 Å². The van der Waals surface area contributed by atoms with E-state index in [1.54, 1.807) is 30.5 Å². The van der Waals surface area contributed by atoms with Crippen molar-refractivity contribution < 1.29 is 109 Å². The van der Waals surface area contributed by atoms with Gasteiger partial charge in [-0.1, -0.05) is 0 Å². The number of nitrogens with two attached hydrogens (primary N) is 2. The average Bonchev–Trinajstić information content (AvgIpc) is 3.13. The SMILES string of the molecule is C[C@H](NC(=O)CCCN(N)/C=C(\N)CCCCNC(=S)Nc1ccc(O[C@H]2O[C@H](CCP(=O)(O)O)[C@@H](O)[C@H](O)[C@@H]2O)cc1)C(=O)NCC(=O)N[C@@H](C)C(=O)NCCOCCOCCOCCOCCC(=O)Oc1c(F)c(F)c(F)c(F)c1F. The normalized spacial score (nSPS) is 17.8. The number of hydrazine groups is 1. The minimum absolute atomic E-state index is 0.00292. The summed E-state index contributed by atoms with van der Waals surface area (Å²) in [6.45, 7) is 3.99. The number of hydrogen-bond acceptors (Lipinski definition) is 20. The van der Waals surface area contributed by atoms with Crippen molar-refractivity contribution in [1.82, 2.24) is 31.6 Å². The van der Waals surface area contributed by atoms with Gasteiger partial charge in [0, 0.05) is 43.6 Å². The molecule has 15 N–H and O–H groups in total. The van der Waals surface area contributed by atoms with Crippen molar-refractivity contribution >= 4 is 60.2 Å². The summed E-state index contributed by atoms with van der Waals surface area (Å²) in [4.78, 5) is 79.9. The van der Waals surface area contributed by atoms with Gasteiger partial charge in [0.15, 0.2) is 5.11 Å². The van der Waals surface area contributed by atoms with Crippen LogP contribution in [0.1, 0.15) is 58.8 Å². The summed E-state index contributed by atoms with van der Waals surface area (Å²) in [7, 11) is -4.40. The molecule has 0 spiro atoms. The van der Waals surface area contributed by atoms with Gasteiger partial charge in [-0.05, 0) is 82.4 Å². The fourth-order valence-corrected chi connectivity index (χ4v) is 7.92. The Morgan fingerprint density at radius 1 is 0.711 bits per heavy atom. The van der Waals surface area contributed by atoms with E-state index in [1.807, 2.05) is 0 Å². The molecular weight excluding hydrogens is 1160 g/mol. The van der Waals surface area contributed by atoms with E-state index in [4.69, 9.17) is 62.0 Å². The third-order valence-corrected chi connectivity index (χ3v) is 12.6. The number of benzene rings is 2. The first-order chi connectivity index (χ1) is 39.3. The Balaban J connectivity index is 1.14. The summed E-state index contributed by atoms with van der Waals surface area (Å²) in [6, 6.07) is 4.41. The molecule has 83 heavy (non-hydrogen) atoms. The number of nitrogens with zero attached hydrogens (tertiary/aromatic N) is 1. The van der Waals surface area contributed by atoms with Crippen LogP contribution >= 0.6 is 19.8 Å². The molecule has 1 fully saturated rings. The van der Waals surface area contributed by atoms with Gasteiger partial charge < -0.3 is 101 Å². The van der Waals surface area contributed by atoms with Gasteiger partial charge in [0.05, 0.1) is 78.1 Å². The van der Waals surface area contributed by atoms with E-state index < -0.39 is 134 Å². The summed E-state index contributed by atoms with van der Waals surface area (Å²) >= 11 is 5.37. The molecule has 0 unspecified atom stereocenters. The molecule has 0 radical (unpaired) electrons. The monoisotopic (exact) mass is 1230 g/mol. The van der Waals surface area contributed by atoms with Gasteiger partial charge >= 0.3 is 13.6 Å². The number of unbranched alkanes of at least 4 members (excludes halogenated alkanes) is 1. The van der Waals surface area contributed by atoms with Gasteiger partial charge in [0.1, 0.15) is 36.1 Å². The number of carbonyl (C=O) groups excluding carboxylic acids is 5. The molecule has 1 aliphatic rings. The van der Waals surface area contributed by atoms with Crippen LogP contribution in [0.2, 0.25) is 0 Å². The lowest BCUT2D eigenvalue weighted by Crippen LogP contribution is -2.59. The minimum atomic E-state index is -4.40. The van der Waals surface area contributed by atoms with E-state index in [0.717, 1.165) is 0 Å². The fourth-order valence-electron chi connectivity index (χ4n) is 7.11. The van der Waals surface area contributed by atoms with Crippen molar-refractivity contribution in [2.75, 3.05) is 90.5 Å². The van der Waals surface area contributed by atoms with E-state index in [9.17, 15) is 65.8 Å². The molecule has 0 bridgehead atoms. The lowest BCUT2D eigenvalue weighted by molar-refractivity contribution is -0.272. The Morgan fingerprint density at radius 2 is 1.27 bits per heavy atom. The highest BCUT2D eigenvalue weighted by Gasteiger charge is 2.45. The van der Waals surface area contributed by atoms with Crippen molar-refractivity contribution in [2.24, 2.45) is 11.6 Å². The number of thiocarbonyl (C=S) groups is 1. The molecule has 0 saturated carbocycles. The molecule has 0 aromatic heterocycles. The Hall–Kier alpha value is -5.94. The predicted molar refractivity (Wildman–Crippen MR) is 287 cm³/mol. The highest BCUT2D eigenvalue weighted by Crippen LogP contribution is 2.37. The van der Waals surface area contributed by atoms with Gasteiger partial charge in [-0.3, -0.25) is 28.5 Å². The van der Waals surface area contributed by atoms with E-state index >= 15 is 0 Å². The lowest BCUT2D eigenvalue weighted by Gasteiger charge is -2.40. The van der Waals surface area contributed by atoms with E-state index in [-0.39, 0.29) is 84.5 Å². The number of nitrogens with one attached hydrogen (secondary N) is 6. The molecule has 1 saturated heterocycles. The molecule has 7 atom stereocenters. The zero-order valence-corrected chi connectivity index (χ0v) is 47.2. The third-order valence-electron chi connectivity index (χ3n) is 11.5. The topological polar surface area (TPSA) is 396 Å². The number of aliphatic hydroxyl groups is 3. The number of rotatable bonds is 38. The third kappa shape index (κ3) is 27.5. The Bertz CT molecular complexity index is 2470. The summed E-state index contributed by atoms with van der Waals surface area (Å²) < 4.78 is 115. The number of allylic oxidation sites excluding steroid dienone is 1. The minimum Gasteiger partial charge on any atom is -0.462 e. The summed E-state index contributed by atoms with van der Waals surface area (Å²) in [5, 5.41) is 48.6.